The van der Waals surface area contributed by atoms with Crippen molar-refractivity contribution in [1.82, 2.24) is 0 Å². The number of hydrogen-bond acceptors (Lipinski definition) is 2. The van der Waals surface area contributed by atoms with Gasteiger partial charge in [0.05, 0.1) is 0 Å². The summed E-state index contributed by atoms with van der Waals surface area (Å²) in [5.41, 5.74) is 0.346. The highest BCUT2D eigenvalue weighted by Gasteiger charge is 2.59. The first kappa shape index (κ1) is 13.0. The van der Waals surface area contributed by atoms with Crippen LogP contribution in [0.15, 0.2) is 35.2 Å². The first-order chi connectivity index (χ1) is 9.14. The van der Waals surface area contributed by atoms with E-state index in [1.165, 1.54) is 32.1 Å². The van der Waals surface area contributed by atoms with Crippen molar-refractivity contribution in [1.29, 1.82) is 0 Å². The monoisotopic (exact) mass is 276 g/mol. The SMILES string of the molecule is O=C(O)C1(Sc2ccccc2)CC2(CCCCC2)C1. The summed E-state index contributed by atoms with van der Waals surface area (Å²) in [5.74, 6) is -0.627. The molecule has 1 aromatic carbocycles. The molecular weight excluding hydrogens is 256 g/mol. The molecule has 0 aliphatic heterocycles. The van der Waals surface area contributed by atoms with Gasteiger partial charge in [0.15, 0.2) is 0 Å². The van der Waals surface area contributed by atoms with Crippen LogP contribution >= 0.6 is 11.8 Å². The van der Waals surface area contributed by atoms with E-state index in [1.807, 2.05) is 30.3 Å². The molecule has 19 heavy (non-hydrogen) atoms. The first-order valence-corrected chi connectivity index (χ1v) is 7.93. The summed E-state index contributed by atoms with van der Waals surface area (Å²) < 4.78 is -0.571. The molecule has 1 aromatic rings. The van der Waals surface area contributed by atoms with Crippen LogP contribution in [-0.2, 0) is 4.79 Å². The van der Waals surface area contributed by atoms with Crippen LogP contribution in [-0.4, -0.2) is 15.8 Å². The fourth-order valence-corrected chi connectivity index (χ4v) is 5.38. The Balaban J connectivity index is 1.74. The quantitative estimate of drug-likeness (QED) is 0.892. The van der Waals surface area contributed by atoms with Crippen molar-refractivity contribution < 1.29 is 9.90 Å². The van der Waals surface area contributed by atoms with Crippen molar-refractivity contribution in [2.75, 3.05) is 0 Å². The molecule has 0 atom stereocenters. The van der Waals surface area contributed by atoms with E-state index >= 15 is 0 Å². The Kier molecular flexibility index (Phi) is 3.34. The van der Waals surface area contributed by atoms with Crippen LogP contribution in [0.25, 0.3) is 0 Å². The molecule has 0 heterocycles. The third-order valence-corrected chi connectivity index (χ3v) is 6.04. The molecule has 0 unspecified atom stereocenters. The zero-order chi connectivity index (χ0) is 13.3. The number of benzene rings is 1. The lowest BCUT2D eigenvalue weighted by molar-refractivity contribution is -0.147. The summed E-state index contributed by atoms with van der Waals surface area (Å²) in [6.07, 6.45) is 8.07. The van der Waals surface area contributed by atoms with Gasteiger partial charge in [-0.1, -0.05) is 37.5 Å². The maximum absolute atomic E-state index is 11.7. The number of carboxylic acids is 1. The lowest BCUT2D eigenvalue weighted by Gasteiger charge is -2.55. The van der Waals surface area contributed by atoms with Gasteiger partial charge in [0.25, 0.3) is 0 Å². The molecule has 0 aromatic heterocycles. The maximum atomic E-state index is 11.7. The molecule has 2 fully saturated rings. The third-order valence-electron chi connectivity index (χ3n) is 4.68. The molecule has 2 nitrogen and oxygen atoms in total. The van der Waals surface area contributed by atoms with E-state index in [2.05, 4.69) is 0 Å². The minimum absolute atomic E-state index is 0.346. The summed E-state index contributed by atoms with van der Waals surface area (Å²) in [7, 11) is 0. The van der Waals surface area contributed by atoms with Crippen molar-refractivity contribution in [2.24, 2.45) is 5.41 Å². The maximum Gasteiger partial charge on any atom is 0.320 e. The molecule has 1 N–H and O–H groups in total. The normalized spacial score (nSPS) is 23.8. The van der Waals surface area contributed by atoms with Crippen LogP contribution in [0.5, 0.6) is 0 Å². The average Bonchev–Trinajstić information content (AvgIpc) is 2.39. The summed E-state index contributed by atoms with van der Waals surface area (Å²) in [6, 6.07) is 9.96. The Morgan fingerprint density at radius 2 is 1.68 bits per heavy atom. The smallest absolute Gasteiger partial charge is 0.320 e. The Bertz CT molecular complexity index is 455. The van der Waals surface area contributed by atoms with Crippen LogP contribution in [0.4, 0.5) is 0 Å². The standard InChI is InChI=1S/C16H20O2S/c17-14(18)16(19-13-7-3-1-4-8-13)11-15(12-16)9-5-2-6-10-15/h1,3-4,7-8H,2,5-6,9-12H2,(H,17,18). The zero-order valence-electron chi connectivity index (χ0n) is 11.1. The van der Waals surface area contributed by atoms with Gasteiger partial charge >= 0.3 is 5.97 Å². The summed E-state index contributed by atoms with van der Waals surface area (Å²) in [6.45, 7) is 0. The highest BCUT2D eigenvalue weighted by Crippen LogP contribution is 2.63. The van der Waals surface area contributed by atoms with Gasteiger partial charge in [0.1, 0.15) is 4.75 Å². The number of thioether (sulfide) groups is 1. The largest absolute Gasteiger partial charge is 0.480 e. The van der Waals surface area contributed by atoms with E-state index in [0.29, 0.717) is 5.41 Å². The topological polar surface area (TPSA) is 37.3 Å². The van der Waals surface area contributed by atoms with Crippen LogP contribution in [0, 0.1) is 5.41 Å². The molecule has 1 spiro atoms. The summed E-state index contributed by atoms with van der Waals surface area (Å²) in [4.78, 5) is 12.8. The molecule has 0 saturated heterocycles. The van der Waals surface area contributed by atoms with Crippen molar-refractivity contribution in [3.05, 3.63) is 30.3 Å². The molecule has 0 radical (unpaired) electrons. The van der Waals surface area contributed by atoms with Crippen molar-refractivity contribution in [2.45, 2.75) is 54.6 Å². The summed E-state index contributed by atoms with van der Waals surface area (Å²) >= 11 is 1.55. The number of hydrogen-bond donors (Lipinski definition) is 1. The fourth-order valence-electron chi connectivity index (χ4n) is 3.80. The second-order valence-electron chi connectivity index (χ2n) is 6.13. The van der Waals surface area contributed by atoms with Gasteiger partial charge in [0, 0.05) is 4.90 Å². The molecule has 2 saturated carbocycles. The third kappa shape index (κ3) is 2.40. The van der Waals surface area contributed by atoms with Crippen LogP contribution in [0.3, 0.4) is 0 Å². The van der Waals surface area contributed by atoms with E-state index in [1.54, 1.807) is 11.8 Å². The van der Waals surface area contributed by atoms with Crippen molar-refractivity contribution in [3.8, 4) is 0 Å². The molecule has 102 valence electrons. The molecule has 3 heteroatoms. The number of rotatable bonds is 3. The number of carbonyl (C=O) groups is 1. The first-order valence-electron chi connectivity index (χ1n) is 7.12. The van der Waals surface area contributed by atoms with Gasteiger partial charge in [-0.25, -0.2) is 0 Å². The number of aliphatic carboxylic acids is 1. The molecular formula is C16H20O2S. The van der Waals surface area contributed by atoms with E-state index in [9.17, 15) is 9.90 Å². The molecule has 3 rings (SSSR count). The zero-order valence-corrected chi connectivity index (χ0v) is 11.9. The van der Waals surface area contributed by atoms with Crippen LogP contribution in [0.2, 0.25) is 0 Å². The van der Waals surface area contributed by atoms with Crippen molar-refractivity contribution in [3.63, 3.8) is 0 Å². The Morgan fingerprint density at radius 3 is 2.26 bits per heavy atom. The van der Waals surface area contributed by atoms with E-state index in [0.717, 1.165) is 17.7 Å². The molecule has 2 aliphatic carbocycles. The second-order valence-corrected chi connectivity index (χ2v) is 7.59. The van der Waals surface area contributed by atoms with Gasteiger partial charge in [-0.2, -0.15) is 0 Å². The predicted molar refractivity (Wildman–Crippen MR) is 77.4 cm³/mol. The number of carboxylic acid groups (broad SMARTS) is 1. The molecule has 0 amide bonds. The second kappa shape index (κ2) is 4.86. The van der Waals surface area contributed by atoms with Gasteiger partial charge in [-0.05, 0) is 43.2 Å². The highest BCUT2D eigenvalue weighted by atomic mass is 32.2. The summed E-state index contributed by atoms with van der Waals surface area (Å²) in [5, 5.41) is 9.64. The molecule has 0 bridgehead atoms. The fraction of sp³-hybridized carbons (Fsp3) is 0.562. The van der Waals surface area contributed by atoms with E-state index in [4.69, 9.17) is 0 Å². The van der Waals surface area contributed by atoms with Gasteiger partial charge in [-0.15, -0.1) is 11.8 Å². The highest BCUT2D eigenvalue weighted by molar-refractivity contribution is 8.01. The lowest BCUT2D eigenvalue weighted by Crippen LogP contribution is -2.55. The minimum atomic E-state index is -0.627. The minimum Gasteiger partial charge on any atom is -0.480 e. The van der Waals surface area contributed by atoms with Gasteiger partial charge in [-0.3, -0.25) is 4.79 Å². The average molecular weight is 276 g/mol. The van der Waals surface area contributed by atoms with Crippen LogP contribution in [0.1, 0.15) is 44.9 Å². The lowest BCUT2D eigenvalue weighted by atomic mass is 9.55. The van der Waals surface area contributed by atoms with Crippen LogP contribution < -0.4 is 0 Å². The van der Waals surface area contributed by atoms with Gasteiger partial charge < -0.3 is 5.11 Å². The van der Waals surface area contributed by atoms with Gasteiger partial charge in [0.2, 0.25) is 0 Å². The van der Waals surface area contributed by atoms with Crippen molar-refractivity contribution >= 4 is 17.7 Å². The van der Waals surface area contributed by atoms with E-state index in [-0.39, 0.29) is 0 Å². The Hall–Kier alpha value is -0.960. The van der Waals surface area contributed by atoms with E-state index < -0.39 is 10.7 Å². The Labute approximate surface area is 118 Å². The Morgan fingerprint density at radius 1 is 1.05 bits per heavy atom. The predicted octanol–water partition coefficient (Wildman–Crippen LogP) is 4.35. The molecule has 2 aliphatic rings.